The van der Waals surface area contributed by atoms with Crippen molar-refractivity contribution in [2.45, 2.75) is 36.5 Å². The molecule has 22 heteroatoms. The summed E-state index contributed by atoms with van der Waals surface area (Å²) in [6.45, 7) is 0. The highest BCUT2D eigenvalue weighted by atomic mass is 35.5. The molecule has 8 rings (SSSR count). The van der Waals surface area contributed by atoms with Crippen molar-refractivity contribution in [3.8, 4) is 17.2 Å². The van der Waals surface area contributed by atoms with E-state index in [1.807, 2.05) is 0 Å². The SMILES string of the molecule is COc1cc(O)c(C2C3=CCC4C(=O)N(N(C)c5nc(C(F)(F)F)ccc5Cl)C(=O)C4C3CC3C(=O)N(Nc4ncc(C(F)(F)F)cc4Cl)C(=O)C32c2ccc(Cl)cc2)c(OC)c1. The summed E-state index contributed by atoms with van der Waals surface area (Å²) in [4.78, 5) is 66.9. The molecule has 2 aromatic heterocycles. The van der Waals surface area contributed by atoms with Crippen LogP contribution in [0.25, 0.3) is 0 Å². The second-order valence-electron chi connectivity index (χ2n) is 15.2. The van der Waals surface area contributed by atoms with Crippen LogP contribution < -0.4 is 19.9 Å². The van der Waals surface area contributed by atoms with Crippen LogP contribution in [0.2, 0.25) is 15.1 Å². The molecule has 1 saturated carbocycles. The van der Waals surface area contributed by atoms with Gasteiger partial charge in [0, 0.05) is 41.9 Å². The van der Waals surface area contributed by atoms with Crippen molar-refractivity contribution in [3.05, 3.63) is 110 Å². The molecular weight excluding hydrogens is 909 g/mol. The molecule has 2 aromatic carbocycles. The third-order valence-corrected chi connectivity index (χ3v) is 12.9. The van der Waals surface area contributed by atoms with Gasteiger partial charge in [-0.1, -0.05) is 58.6 Å². The van der Waals surface area contributed by atoms with Gasteiger partial charge in [0.2, 0.25) is 0 Å². The minimum Gasteiger partial charge on any atom is -0.507 e. The summed E-state index contributed by atoms with van der Waals surface area (Å²) in [5.74, 6) is -11.4. The number of halogens is 9. The maximum atomic E-state index is 15.5. The topological polar surface area (TPSA) is 154 Å². The van der Waals surface area contributed by atoms with Crippen LogP contribution in [0.1, 0.15) is 41.1 Å². The Morgan fingerprint density at radius 1 is 0.873 bits per heavy atom. The third-order valence-electron chi connectivity index (χ3n) is 12.1. The minimum absolute atomic E-state index is 0.0211. The van der Waals surface area contributed by atoms with E-state index in [0.717, 1.165) is 18.1 Å². The lowest BCUT2D eigenvalue weighted by molar-refractivity contribution is -0.142. The highest BCUT2D eigenvalue weighted by molar-refractivity contribution is 6.33. The van der Waals surface area contributed by atoms with Crippen LogP contribution in [0.15, 0.2) is 72.4 Å². The Balaban J connectivity index is 1.32. The molecule has 4 amide bonds. The number of hydrogen-bond donors (Lipinski definition) is 2. The van der Waals surface area contributed by atoms with Crippen LogP contribution in [-0.2, 0) is 36.9 Å². The van der Waals surface area contributed by atoms with Crippen LogP contribution in [-0.4, -0.2) is 70.0 Å². The number of pyridine rings is 2. The van der Waals surface area contributed by atoms with Crippen molar-refractivity contribution in [1.82, 2.24) is 20.0 Å². The Kier molecular flexibility index (Phi) is 10.8. The number of carbonyl (C=O) groups excluding carboxylic acids is 4. The van der Waals surface area contributed by atoms with Crippen LogP contribution >= 0.6 is 34.8 Å². The van der Waals surface area contributed by atoms with E-state index in [0.29, 0.717) is 33.9 Å². The van der Waals surface area contributed by atoms with Crippen molar-refractivity contribution < 1.29 is 60.1 Å². The molecule has 0 bridgehead atoms. The second kappa shape index (κ2) is 15.5. The van der Waals surface area contributed by atoms with E-state index >= 15 is 9.59 Å². The zero-order valence-corrected chi connectivity index (χ0v) is 35.0. The summed E-state index contributed by atoms with van der Waals surface area (Å²) in [6, 6.07) is 10.7. The minimum atomic E-state index is -4.91. The van der Waals surface area contributed by atoms with Gasteiger partial charge in [-0.15, -0.1) is 0 Å². The first-order chi connectivity index (χ1) is 29.6. The molecule has 6 unspecified atom stereocenters. The molecule has 13 nitrogen and oxygen atoms in total. The Hall–Kier alpha value is -5.79. The van der Waals surface area contributed by atoms with Gasteiger partial charge in [0.05, 0.1) is 53.0 Å². The van der Waals surface area contributed by atoms with Gasteiger partial charge in [0.1, 0.15) is 22.9 Å². The van der Waals surface area contributed by atoms with E-state index in [1.54, 1.807) is 6.08 Å². The summed E-state index contributed by atoms with van der Waals surface area (Å²) in [7, 11) is 3.76. The molecule has 4 aliphatic rings. The summed E-state index contributed by atoms with van der Waals surface area (Å²) in [5, 5.41) is 13.3. The molecule has 0 spiro atoms. The highest BCUT2D eigenvalue weighted by Gasteiger charge is 2.71. The Labute approximate surface area is 368 Å². The number of alkyl halides is 6. The predicted molar refractivity (Wildman–Crippen MR) is 213 cm³/mol. The van der Waals surface area contributed by atoms with E-state index in [4.69, 9.17) is 44.3 Å². The van der Waals surface area contributed by atoms with E-state index in [-0.39, 0.29) is 45.5 Å². The van der Waals surface area contributed by atoms with Gasteiger partial charge in [0.25, 0.3) is 23.6 Å². The molecule has 2 aliphatic heterocycles. The Morgan fingerprint density at radius 3 is 2.19 bits per heavy atom. The van der Waals surface area contributed by atoms with E-state index < -0.39 is 105 Å². The van der Waals surface area contributed by atoms with Crippen LogP contribution in [0, 0.1) is 23.7 Å². The number of fused-ring (bicyclic) bond motifs is 4. The van der Waals surface area contributed by atoms with Crippen molar-refractivity contribution in [2.24, 2.45) is 23.7 Å². The fourth-order valence-corrected chi connectivity index (χ4v) is 10.0. The molecule has 2 saturated heterocycles. The Morgan fingerprint density at radius 2 is 1.57 bits per heavy atom. The molecule has 4 heterocycles. The number of benzene rings is 2. The quantitative estimate of drug-likeness (QED) is 0.0998. The maximum Gasteiger partial charge on any atom is 0.433 e. The number of aromatic hydroxyl groups is 1. The summed E-state index contributed by atoms with van der Waals surface area (Å²) >= 11 is 18.9. The number of nitrogens with zero attached hydrogens (tertiary/aromatic N) is 5. The van der Waals surface area contributed by atoms with Crippen molar-refractivity contribution in [3.63, 3.8) is 0 Å². The largest absolute Gasteiger partial charge is 0.507 e. The predicted octanol–water partition coefficient (Wildman–Crippen LogP) is 8.23. The molecule has 63 heavy (non-hydrogen) atoms. The molecule has 4 aromatic rings. The van der Waals surface area contributed by atoms with E-state index in [1.165, 1.54) is 50.6 Å². The number of phenols is 1. The lowest BCUT2D eigenvalue weighted by Crippen LogP contribution is -2.53. The maximum absolute atomic E-state index is 15.5. The van der Waals surface area contributed by atoms with Crippen LogP contribution in [0.4, 0.5) is 38.0 Å². The smallest absolute Gasteiger partial charge is 0.433 e. The number of phenolic OH excluding ortho intramolecular Hbond substituents is 1. The fraction of sp³-hybridized carbons (Fsp3) is 0.317. The van der Waals surface area contributed by atoms with Gasteiger partial charge in [-0.2, -0.15) is 36.4 Å². The number of imide groups is 2. The van der Waals surface area contributed by atoms with Gasteiger partial charge in [0.15, 0.2) is 11.6 Å². The number of allylic oxidation sites excluding steroid dienone is 2. The van der Waals surface area contributed by atoms with Crippen LogP contribution in [0.3, 0.4) is 0 Å². The molecular formula is C41H31Cl3F6N6O7. The number of aromatic nitrogens is 2. The van der Waals surface area contributed by atoms with Crippen molar-refractivity contribution >= 4 is 70.1 Å². The molecule has 330 valence electrons. The number of rotatable bonds is 8. The van der Waals surface area contributed by atoms with E-state index in [2.05, 4.69) is 15.4 Å². The third kappa shape index (κ3) is 6.86. The Bertz CT molecular complexity index is 2630. The number of methoxy groups -OCH3 is 2. The number of amides is 4. The first kappa shape index (κ1) is 43.8. The summed E-state index contributed by atoms with van der Waals surface area (Å²) in [6.07, 6.45) is -8.13. The monoisotopic (exact) mass is 938 g/mol. The highest BCUT2D eigenvalue weighted by Crippen LogP contribution is 2.66. The van der Waals surface area contributed by atoms with Gasteiger partial charge in [-0.25, -0.2) is 9.97 Å². The standard InChI is InChI=1S/C41H31Cl3F6N6O7/c1-54(34-25(43)10-11-29(52-34)41(48,49)50)56-35(58)22-9-8-21-23(30(22)37(56)60)15-24-36(59)55(53-33-26(44)12-18(16-51-33)40(45,46)47)38(61)39(24,17-4-6-19(42)7-5-17)32(21)31-27(57)13-20(62-2)14-28(31)63-3/h4-8,10-14,16,22-24,30,32,57H,9,15H2,1-3H3,(H,51,53). The lowest BCUT2D eigenvalue weighted by Gasteiger charge is -2.50. The molecule has 0 radical (unpaired) electrons. The number of hydrogen-bond acceptors (Lipinski definition) is 11. The number of nitrogens with one attached hydrogen (secondary N) is 1. The first-order valence-corrected chi connectivity index (χ1v) is 19.9. The lowest BCUT2D eigenvalue weighted by atomic mass is 9.49. The molecule has 2 N–H and O–H groups in total. The molecule has 2 aliphatic carbocycles. The zero-order chi connectivity index (χ0) is 45.7. The number of hydrazine groups is 2. The van der Waals surface area contributed by atoms with Crippen LogP contribution in [0.5, 0.6) is 17.2 Å². The van der Waals surface area contributed by atoms with Gasteiger partial charge < -0.3 is 14.6 Å². The number of ether oxygens (including phenoxy) is 2. The average molecular weight is 940 g/mol. The average Bonchev–Trinajstić information content (AvgIpc) is 3.61. The van der Waals surface area contributed by atoms with Crippen molar-refractivity contribution in [2.75, 3.05) is 31.7 Å². The molecule has 3 fully saturated rings. The number of carbonyl (C=O) groups is 4. The van der Waals surface area contributed by atoms with Gasteiger partial charge in [-0.3, -0.25) is 29.6 Å². The fourth-order valence-electron chi connectivity index (χ4n) is 9.45. The number of anilines is 2. The van der Waals surface area contributed by atoms with E-state index in [9.17, 15) is 41.0 Å². The summed E-state index contributed by atoms with van der Waals surface area (Å²) < 4.78 is 93.2. The normalized spacial score (nSPS) is 24.5. The second-order valence-corrected chi connectivity index (χ2v) is 16.4. The van der Waals surface area contributed by atoms with Gasteiger partial charge >= 0.3 is 12.4 Å². The van der Waals surface area contributed by atoms with Gasteiger partial charge in [-0.05, 0) is 54.7 Å². The van der Waals surface area contributed by atoms with Crippen molar-refractivity contribution in [1.29, 1.82) is 0 Å². The summed E-state index contributed by atoms with van der Waals surface area (Å²) in [5.41, 5.74) is -1.62. The zero-order valence-electron chi connectivity index (χ0n) is 32.7. The first-order valence-electron chi connectivity index (χ1n) is 18.8. The molecule has 6 atom stereocenters.